The van der Waals surface area contributed by atoms with Gasteiger partial charge in [0.2, 0.25) is 5.78 Å². The van der Waals surface area contributed by atoms with Crippen LogP contribution in [0.25, 0.3) is 0 Å². The average Bonchev–Trinajstić information content (AvgIpc) is 2.73. The van der Waals surface area contributed by atoms with Crippen molar-refractivity contribution in [3.8, 4) is 0 Å². The quantitative estimate of drug-likeness (QED) is 0.779. The highest BCUT2D eigenvalue weighted by Gasteiger charge is 2.21. The van der Waals surface area contributed by atoms with Crippen molar-refractivity contribution in [1.82, 2.24) is 15.0 Å². The lowest BCUT2D eigenvalue weighted by molar-refractivity contribution is 0.102. The Morgan fingerprint density at radius 1 is 1.60 bits per heavy atom. The molecule has 0 fully saturated rings. The Labute approximate surface area is 94.2 Å². The van der Waals surface area contributed by atoms with Crippen LogP contribution in [0, 0.1) is 6.92 Å². The Balaban J connectivity index is 2.50. The first kappa shape index (κ1) is 10.1. The molecule has 0 N–H and O–H groups in total. The summed E-state index contributed by atoms with van der Waals surface area (Å²) in [6.07, 6.45) is 1.49. The van der Waals surface area contributed by atoms with E-state index in [1.54, 1.807) is 20.0 Å². The predicted octanol–water partition coefficient (Wildman–Crippen LogP) is 1.71. The summed E-state index contributed by atoms with van der Waals surface area (Å²) in [5, 5.41) is 7.50. The summed E-state index contributed by atoms with van der Waals surface area (Å²) < 4.78 is 6.95. The Kier molecular flexibility index (Phi) is 2.44. The second-order valence-corrected chi connectivity index (χ2v) is 3.82. The largest absolute Gasteiger partial charge is 0.469 e. The van der Waals surface area contributed by atoms with Gasteiger partial charge in [-0.3, -0.25) is 4.79 Å². The summed E-state index contributed by atoms with van der Waals surface area (Å²) in [6, 6.07) is 1.64. The van der Waals surface area contributed by atoms with E-state index in [0.717, 1.165) is 0 Å². The third-order valence-corrected chi connectivity index (χ3v) is 2.64. The molecule has 2 rings (SSSR count). The predicted molar refractivity (Wildman–Crippen MR) is 55.6 cm³/mol. The van der Waals surface area contributed by atoms with Gasteiger partial charge in [0.05, 0.1) is 11.8 Å². The molecule has 2 aromatic heterocycles. The van der Waals surface area contributed by atoms with Gasteiger partial charge in [-0.2, -0.15) is 0 Å². The fraction of sp³-hybridized carbons (Fsp3) is 0.222. The molecule has 0 aliphatic carbocycles. The molecule has 0 saturated heterocycles. The van der Waals surface area contributed by atoms with E-state index in [2.05, 4.69) is 26.2 Å². The number of hydrogen-bond acceptors (Lipinski definition) is 4. The van der Waals surface area contributed by atoms with Gasteiger partial charge in [-0.05, 0) is 28.9 Å². The van der Waals surface area contributed by atoms with Gasteiger partial charge < -0.3 is 4.42 Å². The number of carbonyl (C=O) groups excluding carboxylic acids is 1. The summed E-state index contributed by atoms with van der Waals surface area (Å²) in [4.78, 5) is 12.0. The van der Waals surface area contributed by atoms with Crippen LogP contribution >= 0.6 is 15.9 Å². The van der Waals surface area contributed by atoms with Crippen LogP contribution in [0.4, 0.5) is 0 Å². The maximum Gasteiger partial charge on any atom is 0.217 e. The van der Waals surface area contributed by atoms with Crippen molar-refractivity contribution < 1.29 is 9.21 Å². The molecule has 78 valence electrons. The summed E-state index contributed by atoms with van der Waals surface area (Å²) >= 11 is 3.18. The van der Waals surface area contributed by atoms with Crippen molar-refractivity contribution in [2.24, 2.45) is 7.05 Å². The van der Waals surface area contributed by atoms with Gasteiger partial charge in [0, 0.05) is 7.05 Å². The van der Waals surface area contributed by atoms with Gasteiger partial charge in [0.1, 0.15) is 11.5 Å². The van der Waals surface area contributed by atoms with E-state index in [0.29, 0.717) is 21.6 Å². The molecule has 2 heterocycles. The molecule has 0 saturated carbocycles. The number of aromatic nitrogens is 3. The number of carbonyl (C=O) groups is 1. The summed E-state index contributed by atoms with van der Waals surface area (Å²) in [5.41, 5.74) is 0.945. The van der Waals surface area contributed by atoms with Crippen molar-refractivity contribution in [3.63, 3.8) is 0 Å². The molecule has 0 atom stereocenters. The number of rotatable bonds is 2. The molecule has 0 spiro atoms. The van der Waals surface area contributed by atoms with Crippen molar-refractivity contribution >= 4 is 21.7 Å². The Morgan fingerprint density at radius 3 is 2.80 bits per heavy atom. The zero-order chi connectivity index (χ0) is 11.0. The average molecular weight is 270 g/mol. The zero-order valence-corrected chi connectivity index (χ0v) is 9.78. The third-order valence-electron chi connectivity index (χ3n) is 2.10. The zero-order valence-electron chi connectivity index (χ0n) is 8.19. The third kappa shape index (κ3) is 1.61. The normalized spacial score (nSPS) is 10.6. The number of nitrogens with zero attached hydrogens (tertiary/aromatic N) is 3. The molecule has 0 aliphatic heterocycles. The van der Waals surface area contributed by atoms with Gasteiger partial charge in [-0.15, -0.1) is 5.10 Å². The van der Waals surface area contributed by atoms with E-state index in [4.69, 9.17) is 4.42 Å². The number of halogens is 1. The molecule has 5 nitrogen and oxygen atoms in total. The number of ketones is 1. The molecule has 6 heteroatoms. The van der Waals surface area contributed by atoms with Crippen molar-refractivity contribution in [1.29, 1.82) is 0 Å². The summed E-state index contributed by atoms with van der Waals surface area (Å²) in [5.74, 6) is 0.439. The van der Waals surface area contributed by atoms with Crippen LogP contribution in [0.5, 0.6) is 0 Å². The molecular formula is C9H8BrN3O2. The molecule has 0 aliphatic rings. The first-order chi connectivity index (χ1) is 7.11. The topological polar surface area (TPSA) is 60.9 Å². The van der Waals surface area contributed by atoms with Crippen LogP contribution < -0.4 is 0 Å². The summed E-state index contributed by atoms with van der Waals surface area (Å²) in [7, 11) is 1.67. The van der Waals surface area contributed by atoms with E-state index in [9.17, 15) is 4.79 Å². The van der Waals surface area contributed by atoms with E-state index in [1.165, 1.54) is 10.9 Å². The lowest BCUT2D eigenvalue weighted by Gasteiger charge is -1.98. The Morgan fingerprint density at radius 2 is 2.33 bits per heavy atom. The number of aryl methyl sites for hydroxylation is 2. The molecule has 15 heavy (non-hydrogen) atoms. The highest BCUT2D eigenvalue weighted by Crippen LogP contribution is 2.19. The standard InChI is InChI=1S/C9H8BrN3O2/c1-5-6(3-4-15-5)8(14)7-9(10)11-12-13(7)2/h3-4H,1-2H3. The van der Waals surface area contributed by atoms with Crippen molar-refractivity contribution in [3.05, 3.63) is 34.0 Å². The van der Waals surface area contributed by atoms with E-state index in [1.807, 2.05) is 0 Å². The molecule has 2 aromatic rings. The second kappa shape index (κ2) is 3.62. The molecule has 0 amide bonds. The highest BCUT2D eigenvalue weighted by atomic mass is 79.9. The fourth-order valence-electron chi connectivity index (χ4n) is 1.32. The number of hydrogen-bond donors (Lipinski definition) is 0. The molecule has 0 bridgehead atoms. The van der Waals surface area contributed by atoms with Crippen LogP contribution in [0.3, 0.4) is 0 Å². The first-order valence-corrected chi connectivity index (χ1v) is 5.04. The molecule has 0 unspecified atom stereocenters. The van der Waals surface area contributed by atoms with Gasteiger partial charge >= 0.3 is 0 Å². The monoisotopic (exact) mass is 269 g/mol. The van der Waals surface area contributed by atoms with Gasteiger partial charge in [-0.25, -0.2) is 4.68 Å². The highest BCUT2D eigenvalue weighted by molar-refractivity contribution is 9.10. The number of furan rings is 1. The smallest absolute Gasteiger partial charge is 0.217 e. The van der Waals surface area contributed by atoms with Crippen molar-refractivity contribution in [2.75, 3.05) is 0 Å². The van der Waals surface area contributed by atoms with Crippen LogP contribution in [0.1, 0.15) is 21.8 Å². The van der Waals surface area contributed by atoms with E-state index >= 15 is 0 Å². The second-order valence-electron chi connectivity index (χ2n) is 3.07. The minimum Gasteiger partial charge on any atom is -0.469 e. The molecule has 0 radical (unpaired) electrons. The van der Waals surface area contributed by atoms with Crippen LogP contribution in [-0.2, 0) is 7.05 Å². The molecular weight excluding hydrogens is 262 g/mol. The van der Waals surface area contributed by atoms with Crippen LogP contribution in [-0.4, -0.2) is 20.8 Å². The minimum atomic E-state index is -0.152. The lowest BCUT2D eigenvalue weighted by Crippen LogP contribution is -2.09. The van der Waals surface area contributed by atoms with E-state index < -0.39 is 0 Å². The fourth-order valence-corrected chi connectivity index (χ4v) is 1.83. The minimum absolute atomic E-state index is 0.152. The van der Waals surface area contributed by atoms with Crippen molar-refractivity contribution in [2.45, 2.75) is 6.92 Å². The summed E-state index contributed by atoms with van der Waals surface area (Å²) in [6.45, 7) is 1.74. The lowest BCUT2D eigenvalue weighted by atomic mass is 10.1. The van der Waals surface area contributed by atoms with Gasteiger partial charge in [-0.1, -0.05) is 5.21 Å². The van der Waals surface area contributed by atoms with Crippen LogP contribution in [0.15, 0.2) is 21.3 Å². The maximum absolute atomic E-state index is 12.0. The first-order valence-electron chi connectivity index (χ1n) is 4.25. The van der Waals surface area contributed by atoms with Crippen LogP contribution in [0.2, 0.25) is 0 Å². The SMILES string of the molecule is Cc1occc1C(=O)c1c(Br)nnn1C. The molecule has 0 aromatic carbocycles. The van der Waals surface area contributed by atoms with E-state index in [-0.39, 0.29) is 5.78 Å². The maximum atomic E-state index is 12.0. The van der Waals surface area contributed by atoms with Gasteiger partial charge in [0.15, 0.2) is 4.60 Å². The Hall–Kier alpha value is -1.43. The van der Waals surface area contributed by atoms with Gasteiger partial charge in [0.25, 0.3) is 0 Å². The Bertz CT molecular complexity index is 496.